The highest BCUT2D eigenvalue weighted by Crippen LogP contribution is 2.23. The number of methoxy groups -OCH3 is 1. The van der Waals surface area contributed by atoms with E-state index in [1.807, 2.05) is 0 Å². The van der Waals surface area contributed by atoms with Gasteiger partial charge in [-0.25, -0.2) is 8.42 Å². The smallest absolute Gasteiger partial charge is 0.309 e. The van der Waals surface area contributed by atoms with E-state index in [4.69, 9.17) is 14.2 Å². The molecule has 0 saturated carbocycles. The first-order valence-corrected chi connectivity index (χ1v) is 12.0. The van der Waals surface area contributed by atoms with E-state index in [2.05, 4.69) is 15.5 Å². The number of rotatable bonds is 9. The Morgan fingerprint density at radius 1 is 1.06 bits per heavy atom. The molecule has 11 nitrogen and oxygen atoms in total. The summed E-state index contributed by atoms with van der Waals surface area (Å²) in [6, 6.07) is 6.02. The minimum absolute atomic E-state index is 0.0955. The Bertz CT molecular complexity index is 872. The molecule has 1 aromatic carbocycles. The maximum Gasteiger partial charge on any atom is 0.309 e. The van der Waals surface area contributed by atoms with Crippen molar-refractivity contribution in [1.29, 1.82) is 0 Å². The highest BCUT2D eigenvalue weighted by Gasteiger charge is 2.36. The number of amides is 2. The largest absolute Gasteiger partial charge is 0.497 e. The second-order valence-corrected chi connectivity index (χ2v) is 9.28. The molecule has 12 heteroatoms. The van der Waals surface area contributed by atoms with Gasteiger partial charge in [-0.15, -0.1) is 0 Å². The molecule has 32 heavy (non-hydrogen) atoms. The molecule has 3 rings (SSSR count). The number of ether oxygens (including phenoxy) is 3. The first-order valence-electron chi connectivity index (χ1n) is 10.6. The lowest BCUT2D eigenvalue weighted by molar-refractivity contribution is -0.139. The molecule has 0 unspecified atom stereocenters. The summed E-state index contributed by atoms with van der Waals surface area (Å²) in [6.07, 6.45) is -0.168. The van der Waals surface area contributed by atoms with Crippen LogP contribution >= 0.6 is 0 Å². The summed E-state index contributed by atoms with van der Waals surface area (Å²) < 4.78 is 42.9. The molecule has 178 valence electrons. The zero-order valence-corrected chi connectivity index (χ0v) is 18.9. The van der Waals surface area contributed by atoms with Crippen molar-refractivity contribution in [3.8, 4) is 5.75 Å². The Hall–Kier alpha value is -2.25. The lowest BCUT2D eigenvalue weighted by Gasteiger charge is -2.26. The number of sulfonamides is 1. The quantitative estimate of drug-likeness (QED) is 0.348. The van der Waals surface area contributed by atoms with Crippen LogP contribution in [0.1, 0.15) is 6.42 Å². The third-order valence-corrected chi connectivity index (χ3v) is 7.20. The molecular formula is C20H30N4O7S. The molecule has 0 spiro atoms. The lowest BCUT2D eigenvalue weighted by Crippen LogP contribution is -2.47. The van der Waals surface area contributed by atoms with Gasteiger partial charge >= 0.3 is 11.8 Å². The van der Waals surface area contributed by atoms with E-state index in [0.717, 1.165) is 26.1 Å². The maximum atomic E-state index is 12.9. The van der Waals surface area contributed by atoms with Crippen LogP contribution in [0.5, 0.6) is 5.75 Å². The predicted molar refractivity (Wildman–Crippen MR) is 115 cm³/mol. The Labute approximate surface area is 188 Å². The fraction of sp³-hybridized carbons (Fsp3) is 0.600. The minimum atomic E-state index is -3.82. The molecule has 0 bridgehead atoms. The summed E-state index contributed by atoms with van der Waals surface area (Å²) in [5.41, 5.74) is 0. The third-order valence-electron chi connectivity index (χ3n) is 5.29. The van der Waals surface area contributed by atoms with Gasteiger partial charge in [0, 0.05) is 26.2 Å². The molecule has 2 aliphatic heterocycles. The summed E-state index contributed by atoms with van der Waals surface area (Å²) in [7, 11) is -2.33. The maximum absolute atomic E-state index is 12.9. The van der Waals surface area contributed by atoms with Gasteiger partial charge in [0.15, 0.2) is 0 Å². The molecule has 1 aromatic rings. The van der Waals surface area contributed by atoms with Crippen LogP contribution in [0.3, 0.4) is 0 Å². The average Bonchev–Trinajstić information content (AvgIpc) is 3.30. The zero-order chi connectivity index (χ0) is 23.0. The van der Waals surface area contributed by atoms with Crippen molar-refractivity contribution in [3.63, 3.8) is 0 Å². The van der Waals surface area contributed by atoms with Crippen LogP contribution < -0.4 is 15.4 Å². The van der Waals surface area contributed by atoms with Crippen LogP contribution in [0.4, 0.5) is 0 Å². The van der Waals surface area contributed by atoms with Gasteiger partial charge in [0.25, 0.3) is 0 Å². The van der Waals surface area contributed by atoms with Gasteiger partial charge in [-0.1, -0.05) is 0 Å². The van der Waals surface area contributed by atoms with Gasteiger partial charge in [-0.05, 0) is 37.2 Å². The van der Waals surface area contributed by atoms with Crippen molar-refractivity contribution in [2.75, 3.05) is 66.2 Å². The molecule has 1 atom stereocenters. The van der Waals surface area contributed by atoms with E-state index in [9.17, 15) is 18.0 Å². The number of carbonyl (C=O) groups is 2. The molecule has 0 radical (unpaired) electrons. The summed E-state index contributed by atoms with van der Waals surface area (Å²) in [5.74, 6) is -1.04. The summed E-state index contributed by atoms with van der Waals surface area (Å²) in [6.45, 7) is 4.58. The standard InChI is InChI=1S/C20H30N4O7S/c1-29-16-3-5-17(6-4-16)32(27,28)24-11-14-31-18(24)15-22-20(26)19(25)21-7-2-8-23-9-12-30-13-10-23/h3-6,18H,2,7-15H2,1H3,(H,21,25)(H,22,26)/t18-/m0/s1. The molecule has 0 aliphatic carbocycles. The zero-order valence-electron chi connectivity index (χ0n) is 18.1. The van der Waals surface area contributed by atoms with Gasteiger partial charge in [-0.3, -0.25) is 14.5 Å². The van der Waals surface area contributed by atoms with Crippen molar-refractivity contribution in [1.82, 2.24) is 19.8 Å². The van der Waals surface area contributed by atoms with Crippen molar-refractivity contribution in [2.45, 2.75) is 17.5 Å². The summed E-state index contributed by atoms with van der Waals surface area (Å²) in [5, 5.41) is 5.04. The van der Waals surface area contributed by atoms with Crippen molar-refractivity contribution in [3.05, 3.63) is 24.3 Å². The Kier molecular flexibility index (Phi) is 8.82. The monoisotopic (exact) mass is 470 g/mol. The SMILES string of the molecule is COc1ccc(S(=O)(=O)N2CCO[C@H]2CNC(=O)C(=O)NCCCN2CCOCC2)cc1. The predicted octanol–water partition coefficient (Wildman–Crippen LogP) is -1.00. The fourth-order valence-electron chi connectivity index (χ4n) is 3.49. The molecule has 0 aromatic heterocycles. The topological polar surface area (TPSA) is 127 Å². The van der Waals surface area contributed by atoms with Gasteiger partial charge in [0.1, 0.15) is 12.0 Å². The van der Waals surface area contributed by atoms with Crippen LogP contribution in [0.25, 0.3) is 0 Å². The second-order valence-electron chi connectivity index (χ2n) is 7.39. The Morgan fingerprint density at radius 3 is 2.44 bits per heavy atom. The van der Waals surface area contributed by atoms with Crippen LogP contribution in [-0.2, 0) is 29.1 Å². The van der Waals surface area contributed by atoms with E-state index in [1.165, 1.54) is 23.5 Å². The average molecular weight is 471 g/mol. The van der Waals surface area contributed by atoms with Crippen molar-refractivity contribution in [2.24, 2.45) is 0 Å². The van der Waals surface area contributed by atoms with Crippen LogP contribution in [0.2, 0.25) is 0 Å². The number of nitrogens with one attached hydrogen (secondary N) is 2. The first kappa shape index (κ1) is 24.4. The van der Waals surface area contributed by atoms with E-state index in [0.29, 0.717) is 25.5 Å². The van der Waals surface area contributed by atoms with Crippen LogP contribution in [0, 0.1) is 0 Å². The van der Waals surface area contributed by atoms with Gasteiger partial charge in [0.05, 0.1) is 38.4 Å². The number of hydrogen-bond donors (Lipinski definition) is 2. The number of nitrogens with zero attached hydrogens (tertiary/aromatic N) is 2. The molecule has 2 fully saturated rings. The fourth-order valence-corrected chi connectivity index (χ4v) is 5.01. The van der Waals surface area contributed by atoms with Crippen LogP contribution in [-0.4, -0.2) is 102 Å². The van der Waals surface area contributed by atoms with E-state index >= 15 is 0 Å². The van der Waals surface area contributed by atoms with Gasteiger partial charge in [0.2, 0.25) is 10.0 Å². The van der Waals surface area contributed by atoms with Crippen molar-refractivity contribution >= 4 is 21.8 Å². The normalized spacial score (nSPS) is 20.1. The minimum Gasteiger partial charge on any atom is -0.497 e. The van der Waals surface area contributed by atoms with E-state index in [1.54, 1.807) is 12.1 Å². The van der Waals surface area contributed by atoms with Crippen LogP contribution in [0.15, 0.2) is 29.2 Å². The molecule has 2 amide bonds. The highest BCUT2D eigenvalue weighted by molar-refractivity contribution is 7.89. The number of hydrogen-bond acceptors (Lipinski definition) is 8. The molecule has 2 heterocycles. The first-order chi connectivity index (χ1) is 15.4. The second kappa shape index (κ2) is 11.6. The molecule has 2 N–H and O–H groups in total. The summed E-state index contributed by atoms with van der Waals surface area (Å²) in [4.78, 5) is 26.5. The Morgan fingerprint density at radius 2 is 1.75 bits per heavy atom. The Balaban J connectivity index is 1.44. The lowest BCUT2D eigenvalue weighted by atomic mass is 10.3. The van der Waals surface area contributed by atoms with Crippen molar-refractivity contribution < 1.29 is 32.2 Å². The highest BCUT2D eigenvalue weighted by atomic mass is 32.2. The van der Waals surface area contributed by atoms with E-state index in [-0.39, 0.29) is 24.6 Å². The molecule has 2 aliphatic rings. The molecular weight excluding hydrogens is 440 g/mol. The summed E-state index contributed by atoms with van der Waals surface area (Å²) >= 11 is 0. The number of benzene rings is 1. The molecule has 2 saturated heterocycles. The third kappa shape index (κ3) is 6.39. The van der Waals surface area contributed by atoms with E-state index < -0.39 is 28.1 Å². The van der Waals surface area contributed by atoms with Gasteiger partial charge in [-0.2, -0.15) is 4.31 Å². The number of morpholine rings is 1. The number of carbonyl (C=O) groups excluding carboxylic acids is 2. The van der Waals surface area contributed by atoms with Gasteiger partial charge < -0.3 is 24.8 Å².